The van der Waals surface area contributed by atoms with Crippen LogP contribution in [0.25, 0.3) is 11.0 Å². The molecule has 0 saturated carbocycles. The van der Waals surface area contributed by atoms with Gasteiger partial charge in [-0.25, -0.2) is 4.79 Å². The average Bonchev–Trinajstić information content (AvgIpc) is 3.45. The summed E-state index contributed by atoms with van der Waals surface area (Å²) in [4.78, 5) is 42.8. The Labute approximate surface area is 162 Å². The average molecular weight is 380 g/mol. The molecule has 0 spiro atoms. The number of aryl methyl sites for hydroxylation is 1. The highest BCUT2D eigenvalue weighted by Crippen LogP contribution is 2.16. The summed E-state index contributed by atoms with van der Waals surface area (Å²) in [7, 11) is 0. The van der Waals surface area contributed by atoms with Crippen molar-refractivity contribution in [1.29, 1.82) is 0 Å². The quantitative estimate of drug-likeness (QED) is 0.668. The third-order valence-electron chi connectivity index (χ3n) is 5.30. The van der Waals surface area contributed by atoms with Gasteiger partial charge in [0.1, 0.15) is 5.69 Å². The van der Waals surface area contributed by atoms with E-state index in [1.54, 1.807) is 21.7 Å². The fraction of sp³-hybridized carbons (Fsp3) is 0.381. The SMILES string of the molecule is CCCn1c(=O)n(CC(=O)c2c[nH]c(C(=O)N3CCCC3)c2)c2ccccc21. The van der Waals surface area contributed by atoms with Gasteiger partial charge in [0.15, 0.2) is 5.78 Å². The number of aromatic amines is 1. The van der Waals surface area contributed by atoms with Gasteiger partial charge in [-0.15, -0.1) is 0 Å². The van der Waals surface area contributed by atoms with Gasteiger partial charge in [0.05, 0.1) is 17.6 Å². The van der Waals surface area contributed by atoms with E-state index in [-0.39, 0.29) is 23.9 Å². The third kappa shape index (κ3) is 3.17. The molecular weight excluding hydrogens is 356 g/mol. The number of H-pyrrole nitrogens is 1. The molecule has 4 rings (SSSR count). The van der Waals surface area contributed by atoms with Gasteiger partial charge in [0.2, 0.25) is 0 Å². The van der Waals surface area contributed by atoms with Crippen LogP contribution in [-0.2, 0) is 13.1 Å². The van der Waals surface area contributed by atoms with Gasteiger partial charge < -0.3 is 9.88 Å². The Bertz CT molecular complexity index is 1080. The van der Waals surface area contributed by atoms with Crippen molar-refractivity contribution in [2.24, 2.45) is 0 Å². The number of rotatable bonds is 6. The van der Waals surface area contributed by atoms with Gasteiger partial charge in [0.25, 0.3) is 5.91 Å². The maximum atomic E-state index is 12.8. The van der Waals surface area contributed by atoms with E-state index < -0.39 is 0 Å². The molecule has 1 aliphatic heterocycles. The lowest BCUT2D eigenvalue weighted by Gasteiger charge is -2.13. The summed E-state index contributed by atoms with van der Waals surface area (Å²) in [6, 6.07) is 9.11. The van der Waals surface area contributed by atoms with Crippen LogP contribution < -0.4 is 5.69 Å². The van der Waals surface area contributed by atoms with E-state index in [2.05, 4.69) is 4.98 Å². The molecule has 2 aromatic heterocycles. The van der Waals surface area contributed by atoms with E-state index in [4.69, 9.17) is 0 Å². The number of Topliss-reactive ketones (excluding diaryl/α,β-unsaturated/α-hetero) is 1. The first-order chi connectivity index (χ1) is 13.6. The minimum absolute atomic E-state index is 0.0503. The molecule has 1 aromatic carbocycles. The molecule has 3 heterocycles. The van der Waals surface area contributed by atoms with Crippen molar-refractivity contribution in [3.05, 3.63) is 58.3 Å². The highest BCUT2D eigenvalue weighted by molar-refractivity contribution is 6.00. The van der Waals surface area contributed by atoms with E-state index in [1.807, 2.05) is 31.2 Å². The summed E-state index contributed by atoms with van der Waals surface area (Å²) in [5.74, 6) is -0.272. The normalized spacial score (nSPS) is 14.1. The predicted molar refractivity (Wildman–Crippen MR) is 107 cm³/mol. The van der Waals surface area contributed by atoms with Crippen molar-refractivity contribution in [2.45, 2.75) is 39.3 Å². The third-order valence-corrected chi connectivity index (χ3v) is 5.30. The second-order valence-corrected chi connectivity index (χ2v) is 7.23. The van der Waals surface area contributed by atoms with Gasteiger partial charge >= 0.3 is 5.69 Å². The molecule has 146 valence electrons. The van der Waals surface area contributed by atoms with Crippen LogP contribution in [0.15, 0.2) is 41.3 Å². The number of nitrogens with one attached hydrogen (secondary N) is 1. The molecule has 7 heteroatoms. The van der Waals surface area contributed by atoms with E-state index in [9.17, 15) is 14.4 Å². The summed E-state index contributed by atoms with van der Waals surface area (Å²) in [5, 5.41) is 0. The number of likely N-dealkylation sites (tertiary alicyclic amines) is 1. The Morgan fingerprint density at radius 3 is 2.43 bits per heavy atom. The highest BCUT2D eigenvalue weighted by atomic mass is 16.2. The lowest BCUT2D eigenvalue weighted by molar-refractivity contribution is 0.0787. The first kappa shape index (κ1) is 18.3. The maximum Gasteiger partial charge on any atom is 0.329 e. The van der Waals surface area contributed by atoms with Crippen molar-refractivity contribution in [1.82, 2.24) is 19.0 Å². The Hall–Kier alpha value is -3.09. The predicted octanol–water partition coefficient (Wildman–Crippen LogP) is 2.66. The monoisotopic (exact) mass is 380 g/mol. The smallest absolute Gasteiger partial charge is 0.329 e. The minimum atomic E-state index is -0.196. The number of nitrogens with zero attached hydrogens (tertiary/aromatic N) is 3. The number of amides is 1. The van der Waals surface area contributed by atoms with Crippen LogP contribution in [0.2, 0.25) is 0 Å². The number of carbonyl (C=O) groups is 2. The molecule has 1 aliphatic rings. The summed E-state index contributed by atoms with van der Waals surface area (Å²) in [6.07, 6.45) is 4.43. The number of aromatic nitrogens is 3. The fourth-order valence-corrected chi connectivity index (χ4v) is 3.87. The number of fused-ring (bicyclic) bond motifs is 1. The van der Waals surface area contributed by atoms with Gasteiger partial charge in [-0.05, 0) is 37.5 Å². The molecule has 1 fully saturated rings. The molecule has 0 radical (unpaired) electrons. The molecule has 1 N–H and O–H groups in total. The lowest BCUT2D eigenvalue weighted by atomic mass is 10.2. The number of ketones is 1. The van der Waals surface area contributed by atoms with Crippen molar-refractivity contribution in [3.8, 4) is 0 Å². The van der Waals surface area contributed by atoms with Gasteiger partial charge in [-0.2, -0.15) is 0 Å². The standard InChI is InChI=1S/C21H24N4O3/c1-2-9-24-17-7-3-4-8-18(17)25(21(24)28)14-19(26)15-12-16(22-13-15)20(27)23-10-5-6-11-23/h3-4,7-8,12-13,22H,2,5-6,9-11,14H2,1H3. The van der Waals surface area contributed by atoms with Crippen LogP contribution in [0.3, 0.4) is 0 Å². The minimum Gasteiger partial charge on any atom is -0.356 e. The van der Waals surface area contributed by atoms with Gasteiger partial charge in [-0.1, -0.05) is 19.1 Å². The van der Waals surface area contributed by atoms with Crippen LogP contribution >= 0.6 is 0 Å². The molecule has 0 atom stereocenters. The Morgan fingerprint density at radius 2 is 1.75 bits per heavy atom. The number of benzene rings is 1. The van der Waals surface area contributed by atoms with Crippen molar-refractivity contribution in [2.75, 3.05) is 13.1 Å². The molecule has 1 amide bonds. The summed E-state index contributed by atoms with van der Waals surface area (Å²) in [6.45, 7) is 4.09. The van der Waals surface area contributed by atoms with Crippen LogP contribution in [0.1, 0.15) is 47.0 Å². The van der Waals surface area contributed by atoms with E-state index in [1.165, 1.54) is 4.57 Å². The Balaban J connectivity index is 1.60. The molecule has 1 saturated heterocycles. The van der Waals surface area contributed by atoms with Crippen LogP contribution in [0.4, 0.5) is 0 Å². The zero-order valence-electron chi connectivity index (χ0n) is 16.0. The fourth-order valence-electron chi connectivity index (χ4n) is 3.87. The topological polar surface area (TPSA) is 80.1 Å². The Kier molecular flexibility index (Phi) is 4.90. The van der Waals surface area contributed by atoms with Crippen molar-refractivity contribution >= 4 is 22.7 Å². The number of imidazole rings is 1. The largest absolute Gasteiger partial charge is 0.356 e. The zero-order chi connectivity index (χ0) is 19.7. The van der Waals surface area contributed by atoms with Crippen LogP contribution in [0, 0.1) is 0 Å². The molecule has 3 aromatic rings. The number of hydrogen-bond donors (Lipinski definition) is 1. The Morgan fingerprint density at radius 1 is 1.07 bits per heavy atom. The number of carbonyl (C=O) groups excluding carboxylic acids is 2. The molecular formula is C21H24N4O3. The zero-order valence-corrected chi connectivity index (χ0v) is 16.0. The molecule has 0 bridgehead atoms. The highest BCUT2D eigenvalue weighted by Gasteiger charge is 2.22. The van der Waals surface area contributed by atoms with Gasteiger partial charge in [0, 0.05) is 31.4 Å². The molecule has 7 nitrogen and oxygen atoms in total. The molecule has 0 unspecified atom stereocenters. The molecule has 28 heavy (non-hydrogen) atoms. The summed E-state index contributed by atoms with van der Waals surface area (Å²) in [5.41, 5.74) is 2.24. The van der Waals surface area contributed by atoms with Crippen LogP contribution in [-0.4, -0.2) is 43.8 Å². The van der Waals surface area contributed by atoms with Crippen molar-refractivity contribution < 1.29 is 9.59 Å². The second-order valence-electron chi connectivity index (χ2n) is 7.23. The lowest BCUT2D eigenvalue weighted by Crippen LogP contribution is -2.28. The first-order valence-electron chi connectivity index (χ1n) is 9.79. The number of hydrogen-bond acceptors (Lipinski definition) is 3. The molecule has 0 aliphatic carbocycles. The van der Waals surface area contributed by atoms with Crippen LogP contribution in [0.5, 0.6) is 0 Å². The van der Waals surface area contributed by atoms with E-state index >= 15 is 0 Å². The first-order valence-corrected chi connectivity index (χ1v) is 9.79. The maximum absolute atomic E-state index is 12.8. The second kappa shape index (κ2) is 7.50. The summed E-state index contributed by atoms with van der Waals surface area (Å²) < 4.78 is 3.23. The van der Waals surface area contributed by atoms with E-state index in [0.29, 0.717) is 17.8 Å². The summed E-state index contributed by atoms with van der Waals surface area (Å²) >= 11 is 0. The number of para-hydroxylation sites is 2. The van der Waals surface area contributed by atoms with E-state index in [0.717, 1.165) is 43.4 Å². The van der Waals surface area contributed by atoms with Gasteiger partial charge in [-0.3, -0.25) is 18.7 Å². The van der Waals surface area contributed by atoms with Crippen molar-refractivity contribution in [3.63, 3.8) is 0 Å².